The number of aliphatic hydroxyl groups is 2. The first-order chi connectivity index (χ1) is 18.1. The van der Waals surface area contributed by atoms with E-state index in [1.165, 1.54) is 0 Å². The number of ether oxygens (including phenoxy) is 2. The van der Waals surface area contributed by atoms with Crippen molar-refractivity contribution in [2.24, 2.45) is 0 Å². The molecule has 0 amide bonds. The predicted octanol–water partition coefficient (Wildman–Crippen LogP) is 4.15. The van der Waals surface area contributed by atoms with E-state index in [1.54, 1.807) is 0 Å². The Morgan fingerprint density at radius 1 is 0.595 bits per heavy atom. The minimum Gasteiger partial charge on any atom is -0.478 e. The number of aliphatic hydroxyl groups excluding tert-OH is 2. The highest BCUT2D eigenvalue weighted by Crippen LogP contribution is 2.29. The van der Waals surface area contributed by atoms with Gasteiger partial charge in [-0.1, -0.05) is 12.1 Å². The van der Waals surface area contributed by atoms with Crippen LogP contribution >= 0.6 is 0 Å². The van der Waals surface area contributed by atoms with Crippen molar-refractivity contribution >= 4 is 0 Å². The van der Waals surface area contributed by atoms with Crippen LogP contribution in [0.3, 0.4) is 0 Å². The quantitative estimate of drug-likeness (QED) is 0.371. The molecule has 0 aliphatic carbocycles. The molecule has 6 rings (SSSR count). The molecule has 192 valence electrons. The summed E-state index contributed by atoms with van der Waals surface area (Å²) in [6.07, 6.45) is 0.582. The number of hydrogen-bond acceptors (Lipinski definition) is 8. The number of furan rings is 2. The lowest BCUT2D eigenvalue weighted by atomic mass is 10.1. The Hall–Kier alpha value is -3.56. The van der Waals surface area contributed by atoms with Crippen molar-refractivity contribution in [1.29, 1.82) is 0 Å². The van der Waals surface area contributed by atoms with Crippen LogP contribution in [0.15, 0.2) is 69.5 Å². The fraction of sp³-hybridized carbons (Fsp3) is 0.310. The Balaban J connectivity index is 1.03. The Bertz CT molecular complexity index is 1270. The molecular weight excluding hydrogens is 472 g/mol. The summed E-state index contributed by atoms with van der Waals surface area (Å²) < 4.78 is 23.9. The third-order valence-electron chi connectivity index (χ3n) is 6.75. The monoisotopic (exact) mass is 502 g/mol. The van der Waals surface area contributed by atoms with E-state index in [0.29, 0.717) is 33.0 Å². The summed E-state index contributed by atoms with van der Waals surface area (Å²) in [5.74, 6) is 5.19. The van der Waals surface area contributed by atoms with E-state index in [9.17, 15) is 10.2 Å². The van der Waals surface area contributed by atoms with Crippen LogP contribution in [-0.4, -0.2) is 33.5 Å². The van der Waals surface area contributed by atoms with Crippen molar-refractivity contribution < 1.29 is 28.5 Å². The SMILES string of the molecule is OCc1ccc2c(c1)CN(Cc1ccc(Cc3ccc(CN4COc5ccc(CO)cc5C4)o3)o1)CO2. The average molecular weight is 503 g/mol. The van der Waals surface area contributed by atoms with Gasteiger partial charge in [-0.05, 0) is 59.7 Å². The van der Waals surface area contributed by atoms with Gasteiger partial charge in [0.15, 0.2) is 0 Å². The van der Waals surface area contributed by atoms with Gasteiger partial charge in [0.1, 0.15) is 48.0 Å². The molecule has 2 aliphatic heterocycles. The van der Waals surface area contributed by atoms with Crippen LogP contribution < -0.4 is 9.47 Å². The number of benzene rings is 2. The molecular formula is C29H30N2O6. The Kier molecular flexibility index (Phi) is 6.72. The van der Waals surface area contributed by atoms with Crippen LogP contribution in [0.2, 0.25) is 0 Å². The van der Waals surface area contributed by atoms with Crippen molar-refractivity contribution in [3.63, 3.8) is 0 Å². The van der Waals surface area contributed by atoms with E-state index in [0.717, 1.165) is 69.9 Å². The van der Waals surface area contributed by atoms with Crippen LogP contribution in [0.1, 0.15) is 45.3 Å². The molecule has 4 heterocycles. The summed E-state index contributed by atoms with van der Waals surface area (Å²) in [7, 11) is 0. The third kappa shape index (κ3) is 5.42. The second kappa shape index (κ2) is 10.4. The van der Waals surface area contributed by atoms with Gasteiger partial charge in [0, 0.05) is 24.2 Å². The van der Waals surface area contributed by atoms with Crippen LogP contribution in [0, 0.1) is 0 Å². The summed E-state index contributed by atoms with van der Waals surface area (Å²) in [5, 5.41) is 18.8. The van der Waals surface area contributed by atoms with Gasteiger partial charge in [-0.25, -0.2) is 0 Å². The minimum absolute atomic E-state index is 0.0224. The van der Waals surface area contributed by atoms with E-state index in [-0.39, 0.29) is 13.2 Å². The van der Waals surface area contributed by atoms with Gasteiger partial charge in [-0.3, -0.25) is 9.80 Å². The summed E-state index contributed by atoms with van der Waals surface area (Å²) >= 11 is 0. The summed E-state index contributed by atoms with van der Waals surface area (Å²) in [5.41, 5.74) is 3.92. The summed E-state index contributed by atoms with van der Waals surface area (Å²) in [6, 6.07) is 19.6. The van der Waals surface area contributed by atoms with Crippen LogP contribution in [0.5, 0.6) is 11.5 Å². The molecule has 2 aromatic carbocycles. The second-order valence-corrected chi connectivity index (χ2v) is 9.63. The standard InChI is InChI=1S/C29H30N2O6/c32-16-20-1-7-28-22(9-20)12-30(18-34-28)14-26-5-3-24(36-26)11-25-4-6-27(37-25)15-31-13-23-10-21(17-33)2-8-29(23)35-19-31/h1-10,32-33H,11-19H2. The van der Waals surface area contributed by atoms with Crippen LogP contribution in [-0.2, 0) is 45.8 Å². The van der Waals surface area contributed by atoms with E-state index >= 15 is 0 Å². The Labute approximate surface area is 215 Å². The number of hydrogen-bond donors (Lipinski definition) is 2. The van der Waals surface area contributed by atoms with E-state index in [1.807, 2.05) is 60.7 Å². The fourth-order valence-corrected chi connectivity index (χ4v) is 4.91. The largest absolute Gasteiger partial charge is 0.478 e. The average Bonchev–Trinajstić information content (AvgIpc) is 3.56. The van der Waals surface area contributed by atoms with Crippen molar-refractivity contribution in [3.8, 4) is 11.5 Å². The van der Waals surface area contributed by atoms with Gasteiger partial charge in [0.25, 0.3) is 0 Å². The zero-order chi connectivity index (χ0) is 25.2. The van der Waals surface area contributed by atoms with E-state index in [4.69, 9.17) is 18.3 Å². The van der Waals surface area contributed by atoms with Crippen LogP contribution in [0.25, 0.3) is 0 Å². The molecule has 2 N–H and O–H groups in total. The van der Waals surface area contributed by atoms with Gasteiger partial charge < -0.3 is 28.5 Å². The van der Waals surface area contributed by atoms with Gasteiger partial charge >= 0.3 is 0 Å². The highest BCUT2D eigenvalue weighted by atomic mass is 16.5. The third-order valence-corrected chi connectivity index (χ3v) is 6.75. The summed E-state index contributed by atoms with van der Waals surface area (Å²) in [4.78, 5) is 4.33. The molecule has 8 nitrogen and oxygen atoms in total. The first-order valence-corrected chi connectivity index (χ1v) is 12.5. The molecule has 2 aromatic heterocycles. The van der Waals surface area contributed by atoms with Crippen LogP contribution in [0.4, 0.5) is 0 Å². The van der Waals surface area contributed by atoms with Crippen molar-refractivity contribution in [3.05, 3.63) is 106 Å². The molecule has 0 atom stereocenters. The van der Waals surface area contributed by atoms with Gasteiger partial charge in [-0.2, -0.15) is 0 Å². The number of fused-ring (bicyclic) bond motifs is 2. The first kappa shape index (κ1) is 23.8. The molecule has 0 fully saturated rings. The highest BCUT2D eigenvalue weighted by molar-refractivity contribution is 5.39. The highest BCUT2D eigenvalue weighted by Gasteiger charge is 2.21. The van der Waals surface area contributed by atoms with E-state index < -0.39 is 0 Å². The maximum Gasteiger partial charge on any atom is 0.142 e. The van der Waals surface area contributed by atoms with Gasteiger partial charge in [0.2, 0.25) is 0 Å². The lowest BCUT2D eigenvalue weighted by Crippen LogP contribution is -2.31. The molecule has 2 aliphatic rings. The topological polar surface area (TPSA) is 91.7 Å². The zero-order valence-corrected chi connectivity index (χ0v) is 20.6. The molecule has 0 unspecified atom stereocenters. The molecule has 0 saturated carbocycles. The smallest absolute Gasteiger partial charge is 0.142 e. The Morgan fingerprint density at radius 2 is 1.05 bits per heavy atom. The van der Waals surface area contributed by atoms with Crippen molar-refractivity contribution in [2.45, 2.75) is 45.8 Å². The zero-order valence-electron chi connectivity index (χ0n) is 20.6. The summed E-state index contributed by atoms with van der Waals surface area (Å²) in [6.45, 7) is 3.80. The maximum absolute atomic E-state index is 9.41. The van der Waals surface area contributed by atoms with Crippen molar-refractivity contribution in [1.82, 2.24) is 9.80 Å². The van der Waals surface area contributed by atoms with E-state index in [2.05, 4.69) is 9.80 Å². The normalized spacial score (nSPS) is 15.6. The molecule has 8 heteroatoms. The number of rotatable bonds is 8. The molecule has 0 bridgehead atoms. The minimum atomic E-state index is 0.0224. The second-order valence-electron chi connectivity index (χ2n) is 9.63. The predicted molar refractivity (Wildman–Crippen MR) is 134 cm³/mol. The molecule has 0 radical (unpaired) electrons. The number of nitrogens with zero attached hydrogens (tertiary/aromatic N) is 2. The van der Waals surface area contributed by atoms with Gasteiger partial charge in [0.05, 0.1) is 32.7 Å². The van der Waals surface area contributed by atoms with Gasteiger partial charge in [-0.15, -0.1) is 0 Å². The lowest BCUT2D eigenvalue weighted by molar-refractivity contribution is 0.0813. The molecule has 37 heavy (non-hydrogen) atoms. The molecule has 4 aromatic rings. The molecule has 0 spiro atoms. The van der Waals surface area contributed by atoms with Crippen molar-refractivity contribution in [2.75, 3.05) is 13.5 Å². The lowest BCUT2D eigenvalue weighted by Gasteiger charge is -2.28. The first-order valence-electron chi connectivity index (χ1n) is 12.5. The Morgan fingerprint density at radius 3 is 1.51 bits per heavy atom. The molecule has 0 saturated heterocycles. The fourth-order valence-electron chi connectivity index (χ4n) is 4.91. The maximum atomic E-state index is 9.41.